The minimum atomic E-state index is -3.55. The molecular formula is C13H19NO5S. The van der Waals surface area contributed by atoms with Gasteiger partial charge >= 0.3 is 0 Å². The second kappa shape index (κ2) is 6.09. The fraction of sp³-hybridized carbons (Fsp3) is 0.538. The Balaban J connectivity index is 2.30. The Morgan fingerprint density at radius 2 is 2.15 bits per heavy atom. The van der Waals surface area contributed by atoms with Gasteiger partial charge in [-0.3, -0.25) is 0 Å². The molecule has 1 heterocycles. The number of hydrogen-bond acceptors (Lipinski definition) is 5. The summed E-state index contributed by atoms with van der Waals surface area (Å²) in [6.45, 7) is 0.536. The van der Waals surface area contributed by atoms with Gasteiger partial charge in [0.25, 0.3) is 0 Å². The van der Waals surface area contributed by atoms with Crippen molar-refractivity contribution in [2.75, 3.05) is 27.3 Å². The van der Waals surface area contributed by atoms with Crippen LogP contribution < -0.4 is 4.74 Å². The van der Waals surface area contributed by atoms with Gasteiger partial charge in [-0.1, -0.05) is 0 Å². The van der Waals surface area contributed by atoms with Gasteiger partial charge in [-0.05, 0) is 24.6 Å². The number of sulfonamides is 1. The Morgan fingerprint density at radius 3 is 2.70 bits per heavy atom. The van der Waals surface area contributed by atoms with Crippen molar-refractivity contribution in [1.29, 1.82) is 0 Å². The molecule has 2 rings (SSSR count). The Bertz CT molecular complexity index is 572. The van der Waals surface area contributed by atoms with Gasteiger partial charge in [0.15, 0.2) is 0 Å². The highest BCUT2D eigenvalue weighted by Crippen LogP contribution is 2.27. The van der Waals surface area contributed by atoms with E-state index in [1.807, 2.05) is 0 Å². The number of benzene rings is 1. The maximum Gasteiger partial charge on any atom is 0.243 e. The summed E-state index contributed by atoms with van der Waals surface area (Å²) >= 11 is 0. The van der Waals surface area contributed by atoms with Crippen LogP contribution in [-0.2, 0) is 21.4 Å². The molecule has 0 saturated carbocycles. The molecule has 0 bridgehead atoms. The van der Waals surface area contributed by atoms with Crippen molar-refractivity contribution in [3.8, 4) is 5.75 Å². The molecule has 0 aliphatic carbocycles. The van der Waals surface area contributed by atoms with Crippen molar-refractivity contribution in [2.45, 2.75) is 24.0 Å². The molecule has 0 amide bonds. The van der Waals surface area contributed by atoms with E-state index in [-0.39, 0.29) is 17.6 Å². The van der Waals surface area contributed by atoms with Gasteiger partial charge in [0.2, 0.25) is 10.0 Å². The van der Waals surface area contributed by atoms with E-state index in [0.717, 1.165) is 0 Å². The standard InChI is InChI=1S/C13H19NO5S/c1-18-11-5-6-14(8-11)20(16,17)12-3-4-13(19-2)10(7-12)9-15/h3-4,7,11,15H,5-6,8-9H2,1-2H3. The Labute approximate surface area is 119 Å². The molecule has 1 aliphatic rings. The number of aliphatic hydroxyl groups excluding tert-OH is 1. The zero-order valence-corrected chi connectivity index (χ0v) is 12.4. The van der Waals surface area contributed by atoms with Crippen molar-refractivity contribution in [3.63, 3.8) is 0 Å². The average Bonchev–Trinajstić information content (AvgIpc) is 2.96. The molecule has 0 aromatic heterocycles. The first-order valence-corrected chi connectivity index (χ1v) is 7.77. The summed E-state index contributed by atoms with van der Waals surface area (Å²) in [6.07, 6.45) is 0.638. The molecule has 1 atom stereocenters. The zero-order valence-electron chi connectivity index (χ0n) is 11.6. The van der Waals surface area contributed by atoms with Crippen LogP contribution in [0.25, 0.3) is 0 Å². The van der Waals surface area contributed by atoms with Crippen LogP contribution in [0.3, 0.4) is 0 Å². The van der Waals surface area contributed by atoms with Crippen LogP contribution in [0.4, 0.5) is 0 Å². The zero-order chi connectivity index (χ0) is 14.8. The van der Waals surface area contributed by atoms with Crippen molar-refractivity contribution in [1.82, 2.24) is 4.31 Å². The summed E-state index contributed by atoms with van der Waals surface area (Å²) in [7, 11) is -0.493. The van der Waals surface area contributed by atoms with Crippen LogP contribution in [0, 0.1) is 0 Å². The van der Waals surface area contributed by atoms with E-state index in [0.29, 0.717) is 30.8 Å². The summed E-state index contributed by atoms with van der Waals surface area (Å²) in [5.74, 6) is 0.475. The lowest BCUT2D eigenvalue weighted by Gasteiger charge is -2.17. The number of rotatable bonds is 5. The fourth-order valence-electron chi connectivity index (χ4n) is 2.30. The highest BCUT2D eigenvalue weighted by atomic mass is 32.2. The molecule has 1 aromatic carbocycles. The predicted molar refractivity (Wildman–Crippen MR) is 73.1 cm³/mol. The molecule has 6 nitrogen and oxygen atoms in total. The second-order valence-corrected chi connectivity index (χ2v) is 6.58. The van der Waals surface area contributed by atoms with E-state index in [9.17, 15) is 13.5 Å². The minimum Gasteiger partial charge on any atom is -0.496 e. The summed E-state index contributed by atoms with van der Waals surface area (Å²) in [4.78, 5) is 0.166. The maximum absolute atomic E-state index is 12.5. The van der Waals surface area contributed by atoms with Gasteiger partial charge in [-0.15, -0.1) is 0 Å². The number of nitrogens with zero attached hydrogens (tertiary/aromatic N) is 1. The van der Waals surface area contributed by atoms with E-state index in [4.69, 9.17) is 9.47 Å². The lowest BCUT2D eigenvalue weighted by molar-refractivity contribution is 0.115. The third-order valence-corrected chi connectivity index (χ3v) is 5.36. The van der Waals surface area contributed by atoms with Crippen LogP contribution >= 0.6 is 0 Å². The number of aliphatic hydroxyl groups is 1. The van der Waals surface area contributed by atoms with Gasteiger partial charge < -0.3 is 14.6 Å². The molecule has 0 spiro atoms. The molecule has 1 aliphatic heterocycles. The van der Waals surface area contributed by atoms with Gasteiger partial charge in [0.1, 0.15) is 5.75 Å². The minimum absolute atomic E-state index is 0.0552. The monoisotopic (exact) mass is 301 g/mol. The van der Waals surface area contributed by atoms with Gasteiger partial charge in [-0.25, -0.2) is 8.42 Å². The third-order valence-electron chi connectivity index (χ3n) is 3.50. The van der Waals surface area contributed by atoms with E-state index < -0.39 is 10.0 Å². The van der Waals surface area contributed by atoms with E-state index in [2.05, 4.69) is 0 Å². The Hall–Kier alpha value is -1.15. The largest absolute Gasteiger partial charge is 0.496 e. The highest BCUT2D eigenvalue weighted by Gasteiger charge is 2.32. The summed E-state index contributed by atoms with van der Waals surface area (Å²) in [5, 5.41) is 9.28. The van der Waals surface area contributed by atoms with E-state index in [1.165, 1.54) is 23.5 Å². The first kappa shape index (κ1) is 15.2. The maximum atomic E-state index is 12.5. The topological polar surface area (TPSA) is 76.1 Å². The molecule has 7 heteroatoms. The third kappa shape index (κ3) is 2.80. The normalized spacial score (nSPS) is 20.2. The quantitative estimate of drug-likeness (QED) is 0.862. The SMILES string of the molecule is COc1ccc(S(=O)(=O)N2CCC(OC)C2)cc1CO. The fourth-order valence-corrected chi connectivity index (χ4v) is 3.83. The van der Waals surface area contributed by atoms with Crippen LogP contribution in [-0.4, -0.2) is 51.2 Å². The van der Waals surface area contributed by atoms with Crippen molar-refractivity contribution < 1.29 is 23.0 Å². The molecule has 1 fully saturated rings. The number of methoxy groups -OCH3 is 2. The molecule has 0 radical (unpaired) electrons. The molecule has 1 N–H and O–H groups in total. The highest BCUT2D eigenvalue weighted by molar-refractivity contribution is 7.89. The van der Waals surface area contributed by atoms with Gasteiger partial charge in [0.05, 0.1) is 24.7 Å². The lowest BCUT2D eigenvalue weighted by atomic mass is 10.2. The van der Waals surface area contributed by atoms with Crippen molar-refractivity contribution in [3.05, 3.63) is 23.8 Å². The van der Waals surface area contributed by atoms with Gasteiger partial charge in [0, 0.05) is 25.8 Å². The van der Waals surface area contributed by atoms with Crippen LogP contribution in [0.5, 0.6) is 5.75 Å². The molecular weight excluding hydrogens is 282 g/mol. The molecule has 20 heavy (non-hydrogen) atoms. The number of ether oxygens (including phenoxy) is 2. The predicted octanol–water partition coefficient (Wildman–Crippen LogP) is 0.597. The van der Waals surface area contributed by atoms with Crippen LogP contribution in [0.1, 0.15) is 12.0 Å². The first-order chi connectivity index (χ1) is 9.52. The van der Waals surface area contributed by atoms with E-state index in [1.54, 1.807) is 13.2 Å². The lowest BCUT2D eigenvalue weighted by Crippen LogP contribution is -2.30. The average molecular weight is 301 g/mol. The summed E-state index contributed by atoms with van der Waals surface area (Å²) < 4.78 is 36.7. The van der Waals surface area contributed by atoms with E-state index >= 15 is 0 Å². The smallest absolute Gasteiger partial charge is 0.243 e. The summed E-state index contributed by atoms with van der Waals surface area (Å²) in [6, 6.07) is 4.50. The molecule has 1 saturated heterocycles. The van der Waals surface area contributed by atoms with Crippen LogP contribution in [0.2, 0.25) is 0 Å². The Kier molecular flexibility index (Phi) is 4.64. The molecule has 1 unspecified atom stereocenters. The molecule has 112 valence electrons. The Morgan fingerprint density at radius 1 is 1.40 bits per heavy atom. The van der Waals surface area contributed by atoms with Crippen LogP contribution in [0.15, 0.2) is 23.1 Å². The molecule has 1 aromatic rings. The first-order valence-electron chi connectivity index (χ1n) is 6.33. The van der Waals surface area contributed by atoms with Crippen molar-refractivity contribution >= 4 is 10.0 Å². The van der Waals surface area contributed by atoms with Gasteiger partial charge in [-0.2, -0.15) is 4.31 Å². The number of hydrogen-bond donors (Lipinski definition) is 1. The summed E-state index contributed by atoms with van der Waals surface area (Å²) in [5.41, 5.74) is 0.455. The second-order valence-electron chi connectivity index (χ2n) is 4.64. The van der Waals surface area contributed by atoms with Crippen molar-refractivity contribution in [2.24, 2.45) is 0 Å².